The number of aliphatic carboxylic acids is 2. The third-order valence-corrected chi connectivity index (χ3v) is 3.21. The van der Waals surface area contributed by atoms with Crippen molar-refractivity contribution < 1.29 is 29.3 Å². The van der Waals surface area contributed by atoms with E-state index >= 15 is 0 Å². The van der Waals surface area contributed by atoms with Crippen LogP contribution in [-0.2, 0) is 14.3 Å². The molecular weight excluding hydrogens is 300 g/mol. The molecule has 2 aromatic carbocycles. The first kappa shape index (κ1) is 16.2. The van der Waals surface area contributed by atoms with E-state index in [0.29, 0.717) is 0 Å². The third-order valence-electron chi connectivity index (χ3n) is 3.21. The van der Waals surface area contributed by atoms with Crippen molar-refractivity contribution >= 4 is 17.9 Å². The van der Waals surface area contributed by atoms with Crippen molar-refractivity contribution in [2.75, 3.05) is 0 Å². The number of benzene rings is 2. The van der Waals surface area contributed by atoms with Crippen LogP contribution in [0, 0.1) is 0 Å². The number of carboxylic acid groups (broad SMARTS) is 2. The molecular formula is C17H14O6. The van der Waals surface area contributed by atoms with Crippen LogP contribution in [0.25, 0.3) is 0 Å². The Morgan fingerprint density at radius 1 is 0.783 bits per heavy atom. The summed E-state index contributed by atoms with van der Waals surface area (Å²) < 4.78 is 4.96. The van der Waals surface area contributed by atoms with E-state index in [1.807, 2.05) is 0 Å². The van der Waals surface area contributed by atoms with Crippen molar-refractivity contribution in [3.8, 4) is 0 Å². The third kappa shape index (κ3) is 3.94. The summed E-state index contributed by atoms with van der Waals surface area (Å²) in [6.45, 7) is 0. The molecule has 0 unspecified atom stereocenters. The SMILES string of the molecule is O=C(O[C@H](C(=O)O)[C@@H](C(=O)O)c1ccccc1)c1ccccc1. The van der Waals surface area contributed by atoms with Gasteiger partial charge in [0, 0.05) is 0 Å². The molecule has 0 fully saturated rings. The zero-order valence-electron chi connectivity index (χ0n) is 12.0. The van der Waals surface area contributed by atoms with Gasteiger partial charge in [-0.25, -0.2) is 9.59 Å². The Kier molecular flexibility index (Phi) is 5.09. The highest BCUT2D eigenvalue weighted by molar-refractivity contribution is 5.93. The van der Waals surface area contributed by atoms with Crippen molar-refractivity contribution in [3.05, 3.63) is 71.8 Å². The maximum Gasteiger partial charge on any atom is 0.346 e. The smallest absolute Gasteiger partial charge is 0.346 e. The lowest BCUT2D eigenvalue weighted by atomic mass is 9.93. The van der Waals surface area contributed by atoms with Gasteiger partial charge in [-0.05, 0) is 17.7 Å². The zero-order chi connectivity index (χ0) is 16.8. The zero-order valence-corrected chi connectivity index (χ0v) is 12.0. The highest BCUT2D eigenvalue weighted by Gasteiger charge is 2.38. The fraction of sp³-hybridized carbons (Fsp3) is 0.118. The molecule has 0 radical (unpaired) electrons. The summed E-state index contributed by atoms with van der Waals surface area (Å²) in [5.74, 6) is -5.29. The number of carboxylic acids is 2. The van der Waals surface area contributed by atoms with Crippen LogP contribution in [0.4, 0.5) is 0 Å². The van der Waals surface area contributed by atoms with E-state index in [-0.39, 0.29) is 11.1 Å². The van der Waals surface area contributed by atoms with Crippen LogP contribution < -0.4 is 0 Å². The van der Waals surface area contributed by atoms with E-state index in [1.165, 1.54) is 24.3 Å². The number of carbonyl (C=O) groups excluding carboxylic acids is 1. The quantitative estimate of drug-likeness (QED) is 0.792. The van der Waals surface area contributed by atoms with Crippen molar-refractivity contribution in [1.82, 2.24) is 0 Å². The van der Waals surface area contributed by atoms with Crippen LogP contribution in [0.15, 0.2) is 60.7 Å². The van der Waals surface area contributed by atoms with Crippen LogP contribution in [0.2, 0.25) is 0 Å². The number of carbonyl (C=O) groups is 3. The van der Waals surface area contributed by atoms with Crippen LogP contribution in [0.5, 0.6) is 0 Å². The Morgan fingerprint density at radius 2 is 1.30 bits per heavy atom. The molecule has 0 saturated carbocycles. The molecule has 2 rings (SSSR count). The van der Waals surface area contributed by atoms with Gasteiger partial charge in [-0.2, -0.15) is 0 Å². The van der Waals surface area contributed by atoms with Gasteiger partial charge in [-0.15, -0.1) is 0 Å². The molecule has 0 saturated heterocycles. The molecule has 6 nitrogen and oxygen atoms in total. The topological polar surface area (TPSA) is 101 Å². The van der Waals surface area contributed by atoms with Crippen molar-refractivity contribution in [2.45, 2.75) is 12.0 Å². The summed E-state index contributed by atoms with van der Waals surface area (Å²) >= 11 is 0. The monoisotopic (exact) mass is 314 g/mol. The minimum Gasteiger partial charge on any atom is -0.481 e. The predicted octanol–water partition coefficient (Wildman–Crippen LogP) is 2.17. The van der Waals surface area contributed by atoms with Crippen molar-refractivity contribution in [2.24, 2.45) is 0 Å². The van der Waals surface area contributed by atoms with Gasteiger partial charge in [0.2, 0.25) is 6.10 Å². The van der Waals surface area contributed by atoms with E-state index in [9.17, 15) is 24.6 Å². The number of hydrogen-bond donors (Lipinski definition) is 2. The van der Waals surface area contributed by atoms with Gasteiger partial charge in [-0.3, -0.25) is 4.79 Å². The maximum absolute atomic E-state index is 12.0. The molecule has 118 valence electrons. The predicted molar refractivity (Wildman–Crippen MR) is 80.1 cm³/mol. The van der Waals surface area contributed by atoms with Gasteiger partial charge in [-0.1, -0.05) is 48.5 Å². The van der Waals surface area contributed by atoms with E-state index < -0.39 is 29.9 Å². The fourth-order valence-corrected chi connectivity index (χ4v) is 2.13. The normalized spacial score (nSPS) is 12.9. The lowest BCUT2D eigenvalue weighted by Crippen LogP contribution is -2.37. The van der Waals surface area contributed by atoms with Crippen molar-refractivity contribution in [3.63, 3.8) is 0 Å². The summed E-state index contributed by atoms with van der Waals surface area (Å²) in [5, 5.41) is 18.7. The van der Waals surface area contributed by atoms with Gasteiger partial charge < -0.3 is 14.9 Å². The van der Waals surface area contributed by atoms with Gasteiger partial charge in [0.15, 0.2) is 0 Å². The van der Waals surface area contributed by atoms with Crippen LogP contribution >= 0.6 is 0 Å². The van der Waals surface area contributed by atoms with Gasteiger partial charge >= 0.3 is 17.9 Å². The first-order valence-electron chi connectivity index (χ1n) is 6.77. The highest BCUT2D eigenvalue weighted by atomic mass is 16.6. The first-order chi connectivity index (χ1) is 11.0. The Hall–Kier alpha value is -3.15. The lowest BCUT2D eigenvalue weighted by molar-refractivity contribution is -0.155. The van der Waals surface area contributed by atoms with Gasteiger partial charge in [0.25, 0.3) is 0 Å². The highest BCUT2D eigenvalue weighted by Crippen LogP contribution is 2.24. The molecule has 2 atom stereocenters. The summed E-state index contributed by atoms with van der Waals surface area (Å²) in [7, 11) is 0. The number of hydrogen-bond acceptors (Lipinski definition) is 4. The summed E-state index contributed by atoms with van der Waals surface area (Å²) in [6, 6.07) is 15.6. The fourth-order valence-electron chi connectivity index (χ4n) is 2.13. The molecule has 2 N–H and O–H groups in total. The van der Waals surface area contributed by atoms with Crippen LogP contribution in [-0.4, -0.2) is 34.2 Å². The first-order valence-corrected chi connectivity index (χ1v) is 6.77. The molecule has 0 heterocycles. The summed E-state index contributed by atoms with van der Waals surface area (Å²) in [5.41, 5.74) is 0.393. The van der Waals surface area contributed by atoms with E-state index in [4.69, 9.17) is 4.74 Å². The summed E-state index contributed by atoms with van der Waals surface area (Å²) in [6.07, 6.45) is -1.83. The van der Waals surface area contributed by atoms with E-state index in [1.54, 1.807) is 36.4 Å². The second-order valence-electron chi connectivity index (χ2n) is 4.76. The Balaban J connectivity index is 2.31. The average Bonchev–Trinajstić information content (AvgIpc) is 2.55. The molecule has 0 aliphatic carbocycles. The molecule has 0 spiro atoms. The number of rotatable bonds is 6. The maximum atomic E-state index is 12.0. The van der Waals surface area contributed by atoms with Crippen molar-refractivity contribution in [1.29, 1.82) is 0 Å². The van der Waals surface area contributed by atoms with Gasteiger partial charge in [0.1, 0.15) is 5.92 Å². The minimum atomic E-state index is -1.83. The average molecular weight is 314 g/mol. The largest absolute Gasteiger partial charge is 0.481 e. The Morgan fingerprint density at radius 3 is 1.78 bits per heavy atom. The van der Waals surface area contributed by atoms with Gasteiger partial charge in [0.05, 0.1) is 5.56 Å². The standard InChI is InChI=1S/C17H14O6/c18-15(19)13(11-7-3-1-4-8-11)14(16(20)21)23-17(22)12-9-5-2-6-10-12/h1-10,13-14H,(H,18,19)(H,20,21)/t13-,14-/m0/s1. The Bertz CT molecular complexity index is 696. The molecule has 0 aliphatic rings. The molecule has 0 bridgehead atoms. The lowest BCUT2D eigenvalue weighted by Gasteiger charge is -2.21. The number of ether oxygens (including phenoxy) is 1. The second kappa shape index (κ2) is 7.22. The molecule has 23 heavy (non-hydrogen) atoms. The van der Waals surface area contributed by atoms with E-state index in [2.05, 4.69) is 0 Å². The minimum absolute atomic E-state index is 0.149. The van der Waals surface area contributed by atoms with Crippen LogP contribution in [0.1, 0.15) is 21.8 Å². The van der Waals surface area contributed by atoms with E-state index in [0.717, 1.165) is 0 Å². The Labute approximate surface area is 131 Å². The molecule has 0 aromatic heterocycles. The molecule has 6 heteroatoms. The molecule has 2 aromatic rings. The second-order valence-corrected chi connectivity index (χ2v) is 4.76. The van der Waals surface area contributed by atoms with Crippen LogP contribution in [0.3, 0.4) is 0 Å². The summed E-state index contributed by atoms with van der Waals surface area (Å²) in [4.78, 5) is 35.0. The molecule has 0 aliphatic heterocycles. The molecule has 0 amide bonds. The number of esters is 1.